The van der Waals surface area contributed by atoms with E-state index in [0.29, 0.717) is 0 Å². The van der Waals surface area contributed by atoms with E-state index < -0.39 is 0 Å². The van der Waals surface area contributed by atoms with Gasteiger partial charge >= 0.3 is 0 Å². The molecule has 36 heavy (non-hydrogen) atoms. The molecular weight excluding hydrogens is 438 g/mol. The number of hydrogen-bond acceptors (Lipinski definition) is 2. The number of ether oxygens (including phenoxy) is 1. The quantitative estimate of drug-likeness (QED) is 0.332. The molecule has 0 N–H and O–H groups in total. The third-order valence-electron chi connectivity index (χ3n) is 7.27. The summed E-state index contributed by atoms with van der Waals surface area (Å²) in [6.45, 7) is 7.23. The second kappa shape index (κ2) is 11.0. The summed E-state index contributed by atoms with van der Waals surface area (Å²) >= 11 is 0. The van der Waals surface area contributed by atoms with Crippen molar-refractivity contribution in [2.24, 2.45) is 0 Å². The van der Waals surface area contributed by atoms with Gasteiger partial charge in [-0.3, -0.25) is 0 Å². The van der Waals surface area contributed by atoms with Crippen LogP contribution in [0.2, 0.25) is 0 Å². The standard InChI is InChI=1S/C34H39NO/c1-34(2,3)36-22-12-21-29-30-19-10-17-27(23-25-13-6-4-7-14-25)32(30)35-33-28(18-11-20-31(29)33)24-26-15-8-5-9-16-26/h4-9,13-16,23-24H,10-12,17-22H2,1-3H3/b27-23-,28-24+. The number of allylic oxidation sites excluding steroid dienone is 2. The first-order chi connectivity index (χ1) is 17.5. The maximum absolute atomic E-state index is 6.10. The zero-order valence-corrected chi connectivity index (χ0v) is 22.1. The van der Waals surface area contributed by atoms with E-state index >= 15 is 0 Å². The van der Waals surface area contributed by atoms with Crippen molar-refractivity contribution in [3.8, 4) is 0 Å². The molecule has 0 atom stereocenters. The highest BCUT2D eigenvalue weighted by Gasteiger charge is 2.27. The Bertz CT molecular complexity index is 1160. The number of rotatable bonds is 6. The summed E-state index contributed by atoms with van der Waals surface area (Å²) in [6, 6.07) is 21.5. The zero-order valence-electron chi connectivity index (χ0n) is 22.1. The van der Waals surface area contributed by atoms with Gasteiger partial charge in [-0.1, -0.05) is 60.7 Å². The van der Waals surface area contributed by atoms with Gasteiger partial charge in [0, 0.05) is 6.61 Å². The van der Waals surface area contributed by atoms with Crippen LogP contribution in [0.3, 0.4) is 0 Å². The molecule has 0 spiro atoms. The molecule has 0 amide bonds. The highest BCUT2D eigenvalue weighted by atomic mass is 16.5. The maximum Gasteiger partial charge on any atom is 0.0704 e. The molecule has 0 unspecified atom stereocenters. The van der Waals surface area contributed by atoms with Crippen molar-refractivity contribution in [2.45, 2.75) is 77.7 Å². The van der Waals surface area contributed by atoms with Gasteiger partial charge in [0.2, 0.25) is 0 Å². The van der Waals surface area contributed by atoms with Gasteiger partial charge in [0.25, 0.3) is 0 Å². The van der Waals surface area contributed by atoms with Gasteiger partial charge in [-0.15, -0.1) is 0 Å². The van der Waals surface area contributed by atoms with Crippen molar-refractivity contribution in [1.29, 1.82) is 0 Å². The van der Waals surface area contributed by atoms with Gasteiger partial charge in [-0.2, -0.15) is 0 Å². The van der Waals surface area contributed by atoms with Gasteiger partial charge in [0.05, 0.1) is 17.0 Å². The highest BCUT2D eigenvalue weighted by molar-refractivity contribution is 5.87. The summed E-state index contributed by atoms with van der Waals surface area (Å²) in [5.41, 5.74) is 12.3. The molecule has 0 radical (unpaired) electrons. The highest BCUT2D eigenvalue weighted by Crippen LogP contribution is 2.41. The molecule has 186 valence electrons. The van der Waals surface area contributed by atoms with E-state index in [4.69, 9.17) is 9.72 Å². The second-order valence-corrected chi connectivity index (χ2v) is 11.2. The number of nitrogens with zero attached hydrogens (tertiary/aromatic N) is 1. The fourth-order valence-electron chi connectivity index (χ4n) is 5.64. The van der Waals surface area contributed by atoms with Gasteiger partial charge < -0.3 is 4.74 Å². The molecule has 0 aliphatic heterocycles. The fraction of sp³-hybridized carbons (Fsp3) is 0.382. The van der Waals surface area contributed by atoms with Crippen LogP contribution in [0.25, 0.3) is 23.3 Å². The lowest BCUT2D eigenvalue weighted by Gasteiger charge is -2.29. The maximum atomic E-state index is 6.10. The van der Waals surface area contributed by atoms with Crippen LogP contribution >= 0.6 is 0 Å². The van der Waals surface area contributed by atoms with Crippen molar-refractivity contribution < 1.29 is 4.74 Å². The Hall–Kier alpha value is -2.97. The minimum absolute atomic E-state index is 0.0890. The number of benzene rings is 2. The van der Waals surface area contributed by atoms with Crippen LogP contribution in [-0.2, 0) is 24.0 Å². The molecule has 3 aromatic rings. The largest absolute Gasteiger partial charge is 0.376 e. The monoisotopic (exact) mass is 477 g/mol. The number of pyridine rings is 1. The minimum Gasteiger partial charge on any atom is -0.376 e. The number of aromatic nitrogens is 1. The summed E-state index contributed by atoms with van der Waals surface area (Å²) in [4.78, 5) is 5.47. The summed E-state index contributed by atoms with van der Waals surface area (Å²) in [6.07, 6.45) is 13.7. The van der Waals surface area contributed by atoms with Crippen LogP contribution in [0.5, 0.6) is 0 Å². The first-order valence-electron chi connectivity index (χ1n) is 13.7. The molecule has 1 heterocycles. The predicted molar refractivity (Wildman–Crippen MR) is 153 cm³/mol. The van der Waals surface area contributed by atoms with Crippen LogP contribution in [-0.4, -0.2) is 17.2 Å². The Balaban J connectivity index is 1.59. The van der Waals surface area contributed by atoms with Gasteiger partial charge in [0.15, 0.2) is 0 Å². The van der Waals surface area contributed by atoms with Crippen LogP contribution in [0.1, 0.15) is 92.1 Å². The first-order valence-corrected chi connectivity index (χ1v) is 13.7. The van der Waals surface area contributed by atoms with Crippen LogP contribution in [0.15, 0.2) is 60.7 Å². The molecular formula is C34H39NO. The van der Waals surface area contributed by atoms with Crippen molar-refractivity contribution in [2.75, 3.05) is 6.61 Å². The van der Waals surface area contributed by atoms with E-state index in [0.717, 1.165) is 45.1 Å². The number of hydrogen-bond donors (Lipinski definition) is 0. The van der Waals surface area contributed by atoms with E-state index in [1.807, 2.05) is 0 Å². The summed E-state index contributed by atoms with van der Waals surface area (Å²) in [5, 5.41) is 0. The van der Waals surface area contributed by atoms with E-state index in [9.17, 15) is 0 Å². The van der Waals surface area contributed by atoms with E-state index in [1.54, 1.807) is 5.56 Å². The lowest BCUT2D eigenvalue weighted by molar-refractivity contribution is -0.00387. The normalized spacial score (nSPS) is 17.8. The van der Waals surface area contributed by atoms with Gasteiger partial charge in [-0.05, 0) is 123 Å². The van der Waals surface area contributed by atoms with Gasteiger partial charge in [0.1, 0.15) is 0 Å². The molecule has 0 saturated carbocycles. The Kier molecular flexibility index (Phi) is 7.53. The lowest BCUT2D eigenvalue weighted by atomic mass is 9.79. The molecule has 2 aromatic carbocycles. The summed E-state index contributed by atoms with van der Waals surface area (Å²) < 4.78 is 6.10. The van der Waals surface area contributed by atoms with Crippen molar-refractivity contribution in [1.82, 2.24) is 4.98 Å². The summed E-state index contributed by atoms with van der Waals surface area (Å²) in [7, 11) is 0. The van der Waals surface area contributed by atoms with E-state index in [2.05, 4.69) is 93.6 Å². The molecule has 0 bridgehead atoms. The van der Waals surface area contributed by atoms with Crippen LogP contribution in [0, 0.1) is 0 Å². The lowest BCUT2D eigenvalue weighted by Crippen LogP contribution is -2.21. The Morgan fingerprint density at radius 1 is 0.722 bits per heavy atom. The fourth-order valence-corrected chi connectivity index (χ4v) is 5.64. The van der Waals surface area contributed by atoms with Gasteiger partial charge in [-0.25, -0.2) is 4.98 Å². The van der Waals surface area contributed by atoms with E-state index in [-0.39, 0.29) is 5.60 Å². The molecule has 0 fully saturated rings. The third-order valence-corrected chi connectivity index (χ3v) is 7.27. The van der Waals surface area contributed by atoms with E-state index in [1.165, 1.54) is 57.6 Å². The van der Waals surface area contributed by atoms with Crippen molar-refractivity contribution in [3.63, 3.8) is 0 Å². The van der Waals surface area contributed by atoms with Crippen molar-refractivity contribution in [3.05, 3.63) is 99.9 Å². The Morgan fingerprint density at radius 2 is 1.22 bits per heavy atom. The molecule has 2 heteroatoms. The average Bonchev–Trinajstić information content (AvgIpc) is 2.87. The molecule has 2 aliphatic carbocycles. The molecule has 2 nitrogen and oxygen atoms in total. The Labute approximate surface area is 217 Å². The molecule has 1 aromatic heterocycles. The first kappa shape index (κ1) is 24.7. The Morgan fingerprint density at radius 3 is 1.69 bits per heavy atom. The minimum atomic E-state index is -0.0890. The number of fused-ring (bicyclic) bond motifs is 2. The SMILES string of the molecule is CC(C)(C)OCCCc1c2c(nc3c1CCC/C3=C\c1ccccc1)/C(=C\c1ccccc1)CCC2. The smallest absolute Gasteiger partial charge is 0.0704 e. The van der Waals surface area contributed by atoms with Crippen molar-refractivity contribution >= 4 is 23.3 Å². The topological polar surface area (TPSA) is 22.1 Å². The predicted octanol–water partition coefficient (Wildman–Crippen LogP) is 8.58. The summed E-state index contributed by atoms with van der Waals surface area (Å²) in [5.74, 6) is 0. The molecule has 0 saturated heterocycles. The average molecular weight is 478 g/mol. The zero-order chi connectivity index (χ0) is 25.0. The second-order valence-electron chi connectivity index (χ2n) is 11.2. The third kappa shape index (κ3) is 5.87. The molecule has 2 aliphatic rings. The molecule has 5 rings (SSSR count). The van der Waals surface area contributed by atoms with Crippen LogP contribution < -0.4 is 0 Å². The van der Waals surface area contributed by atoms with Crippen LogP contribution in [0.4, 0.5) is 0 Å².